The second-order valence-corrected chi connectivity index (χ2v) is 3.96. The molecule has 19 heavy (non-hydrogen) atoms. The van der Waals surface area contributed by atoms with Gasteiger partial charge in [0.1, 0.15) is 5.82 Å². The van der Waals surface area contributed by atoms with Gasteiger partial charge in [-0.2, -0.15) is 0 Å². The lowest BCUT2D eigenvalue weighted by Crippen LogP contribution is -2.37. The van der Waals surface area contributed by atoms with Crippen LogP contribution < -0.4 is 21.7 Å². The zero-order chi connectivity index (χ0) is 14.4. The van der Waals surface area contributed by atoms with Gasteiger partial charge in [0.15, 0.2) is 0 Å². The molecule has 7 heteroatoms. The Kier molecular flexibility index (Phi) is 5.11. The lowest BCUT2D eigenvalue weighted by Gasteiger charge is -2.21. The van der Waals surface area contributed by atoms with E-state index in [1.165, 1.54) is 12.3 Å². The maximum atomic E-state index is 11.6. The number of likely N-dealkylation sites (N-methyl/N-ethyl adjacent to an activating group) is 2. The molecule has 0 unspecified atom stereocenters. The van der Waals surface area contributed by atoms with Crippen LogP contribution in [0.5, 0.6) is 0 Å². The highest BCUT2D eigenvalue weighted by Crippen LogP contribution is 2.17. The molecule has 0 saturated carbocycles. The Labute approximate surface area is 112 Å². The van der Waals surface area contributed by atoms with Gasteiger partial charge in [-0.3, -0.25) is 9.59 Å². The van der Waals surface area contributed by atoms with Gasteiger partial charge in [0.2, 0.25) is 5.91 Å². The fourth-order valence-corrected chi connectivity index (χ4v) is 1.62. The number of aromatic nitrogens is 1. The molecular weight excluding hydrogens is 246 g/mol. The van der Waals surface area contributed by atoms with Gasteiger partial charge < -0.3 is 21.7 Å². The van der Waals surface area contributed by atoms with Crippen LogP contribution in [-0.4, -0.2) is 36.4 Å². The zero-order valence-electron chi connectivity index (χ0n) is 11.1. The SMILES string of the molecule is CCNC(=O)CN(CC)c1cc(C(N)=O)c(N)cn1. The van der Waals surface area contributed by atoms with Gasteiger partial charge in [-0.15, -0.1) is 0 Å². The van der Waals surface area contributed by atoms with Gasteiger partial charge in [-0.25, -0.2) is 4.98 Å². The molecule has 5 N–H and O–H groups in total. The average Bonchev–Trinajstić information content (AvgIpc) is 2.36. The van der Waals surface area contributed by atoms with E-state index < -0.39 is 5.91 Å². The Morgan fingerprint density at radius 2 is 2.11 bits per heavy atom. The Morgan fingerprint density at radius 1 is 1.42 bits per heavy atom. The lowest BCUT2D eigenvalue weighted by molar-refractivity contribution is -0.119. The van der Waals surface area contributed by atoms with Crippen LogP contribution in [0.1, 0.15) is 24.2 Å². The highest BCUT2D eigenvalue weighted by atomic mass is 16.2. The fourth-order valence-electron chi connectivity index (χ4n) is 1.62. The number of pyridine rings is 1. The third kappa shape index (κ3) is 3.84. The molecule has 1 aromatic heterocycles. The zero-order valence-corrected chi connectivity index (χ0v) is 11.1. The first-order chi connectivity index (χ1) is 8.99. The van der Waals surface area contributed by atoms with Crippen molar-refractivity contribution in [3.05, 3.63) is 17.8 Å². The molecule has 1 rings (SSSR count). The summed E-state index contributed by atoms with van der Waals surface area (Å²) in [6, 6.07) is 1.50. The monoisotopic (exact) mass is 265 g/mol. The van der Waals surface area contributed by atoms with Crippen LogP contribution in [0.15, 0.2) is 12.3 Å². The lowest BCUT2D eigenvalue weighted by atomic mass is 10.2. The van der Waals surface area contributed by atoms with Crippen LogP contribution in [0.2, 0.25) is 0 Å². The first-order valence-corrected chi connectivity index (χ1v) is 6.06. The summed E-state index contributed by atoms with van der Waals surface area (Å²) in [5, 5.41) is 2.70. The number of carbonyl (C=O) groups is 2. The summed E-state index contributed by atoms with van der Waals surface area (Å²) < 4.78 is 0. The van der Waals surface area contributed by atoms with E-state index in [-0.39, 0.29) is 23.7 Å². The van der Waals surface area contributed by atoms with Crippen LogP contribution in [0.4, 0.5) is 11.5 Å². The van der Waals surface area contributed by atoms with E-state index in [1.54, 1.807) is 4.90 Å². The van der Waals surface area contributed by atoms with E-state index >= 15 is 0 Å². The molecule has 104 valence electrons. The molecule has 0 atom stereocenters. The molecule has 2 amide bonds. The van der Waals surface area contributed by atoms with E-state index in [1.807, 2.05) is 13.8 Å². The number of amides is 2. The second kappa shape index (κ2) is 6.58. The molecule has 0 aliphatic carbocycles. The fraction of sp³-hybridized carbons (Fsp3) is 0.417. The first-order valence-electron chi connectivity index (χ1n) is 6.06. The number of primary amides is 1. The number of hydrogen-bond donors (Lipinski definition) is 3. The molecule has 0 spiro atoms. The topological polar surface area (TPSA) is 114 Å². The molecule has 1 heterocycles. The minimum absolute atomic E-state index is 0.108. The van der Waals surface area contributed by atoms with Crippen molar-refractivity contribution in [1.82, 2.24) is 10.3 Å². The van der Waals surface area contributed by atoms with Crippen molar-refractivity contribution in [3.8, 4) is 0 Å². The number of nitrogens with two attached hydrogens (primary N) is 2. The molecule has 0 saturated heterocycles. The van der Waals surface area contributed by atoms with Crippen LogP contribution in [0, 0.1) is 0 Å². The number of hydrogen-bond acceptors (Lipinski definition) is 5. The van der Waals surface area contributed by atoms with Crippen molar-refractivity contribution in [2.45, 2.75) is 13.8 Å². The predicted octanol–water partition coefficient (Wildman–Crippen LogP) is -0.275. The Hall–Kier alpha value is -2.31. The average molecular weight is 265 g/mol. The number of nitrogens with one attached hydrogen (secondary N) is 1. The van der Waals surface area contributed by atoms with Gasteiger partial charge >= 0.3 is 0 Å². The number of anilines is 2. The molecular formula is C12H19N5O2. The summed E-state index contributed by atoms with van der Waals surface area (Å²) in [7, 11) is 0. The highest BCUT2D eigenvalue weighted by molar-refractivity contribution is 5.98. The number of nitrogen functional groups attached to an aromatic ring is 1. The maximum Gasteiger partial charge on any atom is 0.250 e. The van der Waals surface area contributed by atoms with Crippen LogP contribution >= 0.6 is 0 Å². The minimum Gasteiger partial charge on any atom is -0.397 e. The molecule has 7 nitrogen and oxygen atoms in total. The molecule has 0 bridgehead atoms. The van der Waals surface area contributed by atoms with E-state index in [0.29, 0.717) is 18.9 Å². The first kappa shape index (κ1) is 14.7. The van der Waals surface area contributed by atoms with Gasteiger partial charge in [-0.05, 0) is 19.9 Å². The summed E-state index contributed by atoms with van der Waals surface area (Å²) in [6.07, 6.45) is 1.37. The molecule has 0 radical (unpaired) electrons. The molecule has 0 aliphatic heterocycles. The van der Waals surface area contributed by atoms with Crippen LogP contribution in [0.3, 0.4) is 0 Å². The smallest absolute Gasteiger partial charge is 0.250 e. The summed E-state index contributed by atoms with van der Waals surface area (Å²) in [5.41, 5.74) is 11.3. The van der Waals surface area contributed by atoms with Gasteiger partial charge in [0.05, 0.1) is 24.0 Å². The van der Waals surface area contributed by atoms with Gasteiger partial charge in [0, 0.05) is 13.1 Å². The summed E-state index contributed by atoms with van der Waals surface area (Å²) in [6.45, 7) is 5.05. The van der Waals surface area contributed by atoms with Crippen molar-refractivity contribution in [1.29, 1.82) is 0 Å². The predicted molar refractivity (Wildman–Crippen MR) is 73.7 cm³/mol. The Balaban J connectivity index is 2.95. The van der Waals surface area contributed by atoms with Gasteiger partial charge in [-0.1, -0.05) is 0 Å². The summed E-state index contributed by atoms with van der Waals surface area (Å²) >= 11 is 0. The van der Waals surface area contributed by atoms with Crippen molar-refractivity contribution in [3.63, 3.8) is 0 Å². The van der Waals surface area contributed by atoms with Gasteiger partial charge in [0.25, 0.3) is 5.91 Å². The Morgan fingerprint density at radius 3 is 2.63 bits per heavy atom. The molecule has 0 aliphatic rings. The number of carbonyl (C=O) groups excluding carboxylic acids is 2. The van der Waals surface area contributed by atoms with E-state index in [9.17, 15) is 9.59 Å². The van der Waals surface area contributed by atoms with Crippen molar-refractivity contribution < 1.29 is 9.59 Å². The number of nitrogens with zero attached hydrogens (tertiary/aromatic N) is 2. The largest absolute Gasteiger partial charge is 0.397 e. The number of rotatable bonds is 6. The van der Waals surface area contributed by atoms with E-state index in [4.69, 9.17) is 11.5 Å². The molecule has 0 fully saturated rings. The quantitative estimate of drug-likeness (QED) is 0.654. The molecule has 0 aromatic carbocycles. The van der Waals surface area contributed by atoms with Crippen molar-refractivity contribution in [2.75, 3.05) is 30.3 Å². The van der Waals surface area contributed by atoms with Crippen molar-refractivity contribution in [2.24, 2.45) is 5.73 Å². The van der Waals surface area contributed by atoms with E-state index in [2.05, 4.69) is 10.3 Å². The summed E-state index contributed by atoms with van der Waals surface area (Å²) in [5.74, 6) is -0.226. The Bertz CT molecular complexity index is 475. The third-order valence-electron chi connectivity index (χ3n) is 2.60. The minimum atomic E-state index is -0.616. The third-order valence-corrected chi connectivity index (χ3v) is 2.60. The highest BCUT2D eigenvalue weighted by Gasteiger charge is 2.14. The van der Waals surface area contributed by atoms with Crippen molar-refractivity contribution >= 4 is 23.3 Å². The van der Waals surface area contributed by atoms with Crippen LogP contribution in [0.25, 0.3) is 0 Å². The van der Waals surface area contributed by atoms with E-state index in [0.717, 1.165) is 0 Å². The normalized spacial score (nSPS) is 10.0. The maximum absolute atomic E-state index is 11.6. The second-order valence-electron chi connectivity index (χ2n) is 3.96. The summed E-state index contributed by atoms with van der Waals surface area (Å²) in [4.78, 5) is 28.7. The standard InChI is InChI=1S/C12H19N5O2/c1-3-15-11(18)7-17(4-2)10-5-8(12(14)19)9(13)6-16-10/h5-6H,3-4,7,13H2,1-2H3,(H2,14,19)(H,15,18). The molecule has 1 aromatic rings. The van der Waals surface area contributed by atoms with Crippen LogP contribution in [-0.2, 0) is 4.79 Å².